The van der Waals surface area contributed by atoms with Crippen LogP contribution >= 0.6 is 23.2 Å². The summed E-state index contributed by atoms with van der Waals surface area (Å²) in [6, 6.07) is 10.0. The van der Waals surface area contributed by atoms with Gasteiger partial charge < -0.3 is 9.64 Å². The van der Waals surface area contributed by atoms with Crippen molar-refractivity contribution in [3.8, 4) is 0 Å². The standard InChI is InChI=1S/C22H22Cl2N2O5S/c1-2-11-26(18-8-6-17(23)7-9-18)32(29,30)20-14-16(5-10-19(20)24)22(28)31-15-21(27)25-12-3-4-13-25/h2,5-10,14H,1,3-4,11-13,15H2. The van der Waals surface area contributed by atoms with Gasteiger partial charge in [-0.05, 0) is 55.3 Å². The number of halogens is 2. The molecule has 10 heteroatoms. The van der Waals surface area contributed by atoms with Crippen LogP contribution in [0.15, 0.2) is 60.0 Å². The minimum atomic E-state index is -4.16. The van der Waals surface area contributed by atoms with E-state index in [1.807, 2.05) is 0 Å². The Morgan fingerprint density at radius 1 is 1.09 bits per heavy atom. The molecule has 1 aliphatic heterocycles. The summed E-state index contributed by atoms with van der Waals surface area (Å²) in [7, 11) is -4.16. The van der Waals surface area contributed by atoms with Crippen molar-refractivity contribution in [2.45, 2.75) is 17.7 Å². The van der Waals surface area contributed by atoms with Crippen LogP contribution in [-0.2, 0) is 19.6 Å². The maximum absolute atomic E-state index is 13.4. The lowest BCUT2D eigenvalue weighted by Crippen LogP contribution is -2.32. The molecule has 1 amide bonds. The van der Waals surface area contributed by atoms with Crippen LogP contribution in [0.25, 0.3) is 0 Å². The number of nitrogens with zero attached hydrogens (tertiary/aromatic N) is 2. The van der Waals surface area contributed by atoms with E-state index in [2.05, 4.69) is 6.58 Å². The molecule has 32 heavy (non-hydrogen) atoms. The van der Waals surface area contributed by atoms with Crippen molar-refractivity contribution < 1.29 is 22.7 Å². The molecule has 0 atom stereocenters. The van der Waals surface area contributed by atoms with Crippen molar-refractivity contribution in [2.24, 2.45) is 0 Å². The smallest absolute Gasteiger partial charge is 0.338 e. The van der Waals surface area contributed by atoms with Crippen molar-refractivity contribution in [2.75, 3.05) is 30.5 Å². The number of hydrogen-bond donors (Lipinski definition) is 0. The van der Waals surface area contributed by atoms with Gasteiger partial charge in [-0.15, -0.1) is 6.58 Å². The highest BCUT2D eigenvalue weighted by atomic mass is 35.5. The number of carbonyl (C=O) groups excluding carboxylic acids is 2. The monoisotopic (exact) mass is 496 g/mol. The maximum Gasteiger partial charge on any atom is 0.338 e. The molecule has 1 fully saturated rings. The second kappa shape index (κ2) is 10.4. The normalized spacial score (nSPS) is 13.6. The molecule has 7 nitrogen and oxygen atoms in total. The van der Waals surface area contributed by atoms with Gasteiger partial charge in [0.15, 0.2) is 6.61 Å². The second-order valence-electron chi connectivity index (χ2n) is 7.11. The highest BCUT2D eigenvalue weighted by Crippen LogP contribution is 2.30. The quantitative estimate of drug-likeness (QED) is 0.404. The summed E-state index contributed by atoms with van der Waals surface area (Å²) in [4.78, 5) is 26.0. The Hall–Kier alpha value is -2.55. The molecule has 0 saturated carbocycles. The lowest BCUT2D eigenvalue weighted by Gasteiger charge is -2.24. The summed E-state index contributed by atoms with van der Waals surface area (Å²) in [5.74, 6) is -1.09. The minimum Gasteiger partial charge on any atom is -0.452 e. The maximum atomic E-state index is 13.4. The molecular weight excluding hydrogens is 475 g/mol. The molecule has 0 unspecified atom stereocenters. The number of ether oxygens (including phenoxy) is 1. The summed E-state index contributed by atoms with van der Waals surface area (Å²) < 4.78 is 33.0. The van der Waals surface area contributed by atoms with Crippen molar-refractivity contribution >= 4 is 50.8 Å². The lowest BCUT2D eigenvalue weighted by molar-refractivity contribution is -0.133. The first-order valence-corrected chi connectivity index (χ1v) is 12.1. The summed E-state index contributed by atoms with van der Waals surface area (Å²) >= 11 is 12.1. The third kappa shape index (κ3) is 5.43. The van der Waals surface area contributed by atoms with E-state index in [4.69, 9.17) is 27.9 Å². The van der Waals surface area contributed by atoms with Crippen LogP contribution in [0, 0.1) is 0 Å². The highest BCUT2D eigenvalue weighted by molar-refractivity contribution is 7.93. The number of anilines is 1. The highest BCUT2D eigenvalue weighted by Gasteiger charge is 2.28. The number of sulfonamides is 1. The lowest BCUT2D eigenvalue weighted by atomic mass is 10.2. The van der Waals surface area contributed by atoms with Crippen molar-refractivity contribution in [1.29, 1.82) is 0 Å². The average molecular weight is 497 g/mol. The Balaban J connectivity index is 1.85. The van der Waals surface area contributed by atoms with E-state index in [0.717, 1.165) is 23.2 Å². The van der Waals surface area contributed by atoms with Crippen LogP contribution in [0.4, 0.5) is 5.69 Å². The number of esters is 1. The molecular formula is C22H22Cl2N2O5S. The number of benzene rings is 2. The summed E-state index contributed by atoms with van der Waals surface area (Å²) in [6.45, 7) is 4.47. The Morgan fingerprint density at radius 3 is 2.38 bits per heavy atom. The first-order valence-electron chi connectivity index (χ1n) is 9.87. The molecule has 0 aromatic heterocycles. The van der Waals surface area contributed by atoms with E-state index in [9.17, 15) is 18.0 Å². The SMILES string of the molecule is C=CCN(c1ccc(Cl)cc1)S(=O)(=O)c1cc(C(=O)OCC(=O)N2CCCC2)ccc1Cl. The summed E-state index contributed by atoms with van der Waals surface area (Å²) in [5.41, 5.74) is 0.325. The van der Waals surface area contributed by atoms with E-state index in [1.54, 1.807) is 29.2 Å². The summed E-state index contributed by atoms with van der Waals surface area (Å²) in [6.07, 6.45) is 3.28. The number of carbonyl (C=O) groups is 2. The Kier molecular flexibility index (Phi) is 7.82. The van der Waals surface area contributed by atoms with E-state index in [-0.39, 0.29) is 27.9 Å². The van der Waals surface area contributed by atoms with Crippen LogP contribution in [0.1, 0.15) is 23.2 Å². The number of likely N-dealkylation sites (tertiary alicyclic amines) is 1. The largest absolute Gasteiger partial charge is 0.452 e. The van der Waals surface area contributed by atoms with Gasteiger partial charge in [-0.3, -0.25) is 9.10 Å². The molecule has 0 N–H and O–H groups in total. The topological polar surface area (TPSA) is 84.0 Å². The predicted octanol–water partition coefficient (Wildman–Crippen LogP) is 4.15. The molecule has 170 valence electrons. The molecule has 1 saturated heterocycles. The Labute approximate surface area is 197 Å². The molecule has 1 heterocycles. The number of rotatable bonds is 8. The van der Waals surface area contributed by atoms with Crippen LogP contribution < -0.4 is 4.31 Å². The van der Waals surface area contributed by atoms with E-state index in [1.165, 1.54) is 18.2 Å². The molecule has 1 aliphatic rings. The molecule has 2 aromatic rings. The van der Waals surface area contributed by atoms with Crippen LogP contribution in [0.3, 0.4) is 0 Å². The van der Waals surface area contributed by atoms with Crippen LogP contribution in [0.2, 0.25) is 10.0 Å². The number of hydrogen-bond acceptors (Lipinski definition) is 5. The van der Waals surface area contributed by atoms with Gasteiger partial charge in [0.1, 0.15) is 4.90 Å². The van der Waals surface area contributed by atoms with Gasteiger partial charge in [-0.25, -0.2) is 13.2 Å². The van der Waals surface area contributed by atoms with Crippen LogP contribution in [0.5, 0.6) is 0 Å². The van der Waals surface area contributed by atoms with Crippen LogP contribution in [-0.4, -0.2) is 51.4 Å². The zero-order valence-electron chi connectivity index (χ0n) is 17.2. The Bertz CT molecular complexity index is 1110. The zero-order valence-corrected chi connectivity index (χ0v) is 19.5. The molecule has 2 aromatic carbocycles. The summed E-state index contributed by atoms with van der Waals surface area (Å²) in [5, 5.41) is 0.397. The van der Waals surface area contributed by atoms with E-state index >= 15 is 0 Å². The first kappa shape index (κ1) is 24.1. The van der Waals surface area contributed by atoms with Gasteiger partial charge in [0, 0.05) is 18.1 Å². The third-order valence-electron chi connectivity index (χ3n) is 4.93. The molecule has 0 radical (unpaired) electrons. The first-order chi connectivity index (χ1) is 15.2. The fourth-order valence-electron chi connectivity index (χ4n) is 3.28. The zero-order chi connectivity index (χ0) is 23.3. The van der Waals surface area contributed by atoms with Gasteiger partial charge in [0.05, 0.1) is 22.8 Å². The van der Waals surface area contributed by atoms with Gasteiger partial charge in [-0.1, -0.05) is 29.3 Å². The van der Waals surface area contributed by atoms with Gasteiger partial charge in [-0.2, -0.15) is 0 Å². The number of amides is 1. The van der Waals surface area contributed by atoms with Gasteiger partial charge in [0.2, 0.25) is 0 Å². The van der Waals surface area contributed by atoms with E-state index < -0.39 is 22.6 Å². The van der Waals surface area contributed by atoms with Crippen molar-refractivity contribution in [3.63, 3.8) is 0 Å². The fraction of sp³-hybridized carbons (Fsp3) is 0.273. The molecule has 0 spiro atoms. The van der Waals surface area contributed by atoms with E-state index in [0.29, 0.717) is 23.8 Å². The third-order valence-corrected chi connectivity index (χ3v) is 7.46. The van der Waals surface area contributed by atoms with Crippen molar-refractivity contribution in [3.05, 3.63) is 70.7 Å². The predicted molar refractivity (Wildman–Crippen MR) is 124 cm³/mol. The molecule has 3 rings (SSSR count). The van der Waals surface area contributed by atoms with Crippen molar-refractivity contribution in [1.82, 2.24) is 4.90 Å². The molecule has 0 aliphatic carbocycles. The second-order valence-corrected chi connectivity index (χ2v) is 9.78. The Morgan fingerprint density at radius 2 is 1.75 bits per heavy atom. The van der Waals surface area contributed by atoms with Gasteiger partial charge in [0.25, 0.3) is 15.9 Å². The average Bonchev–Trinajstić information content (AvgIpc) is 3.31. The van der Waals surface area contributed by atoms with Gasteiger partial charge >= 0.3 is 5.97 Å². The molecule has 0 bridgehead atoms. The fourth-order valence-corrected chi connectivity index (χ4v) is 5.35. The minimum absolute atomic E-state index is 0.0285.